The van der Waals surface area contributed by atoms with Crippen LogP contribution in [0, 0.1) is 17.3 Å². The van der Waals surface area contributed by atoms with E-state index in [1.165, 1.54) is 7.11 Å². The van der Waals surface area contributed by atoms with Gasteiger partial charge in [0.15, 0.2) is 0 Å². The van der Waals surface area contributed by atoms with Gasteiger partial charge in [0, 0.05) is 31.8 Å². The van der Waals surface area contributed by atoms with Gasteiger partial charge in [-0.15, -0.1) is 0 Å². The average Bonchev–Trinajstić information content (AvgIpc) is 2.76. The molecule has 90 valence electrons. The van der Waals surface area contributed by atoms with Crippen molar-refractivity contribution in [3.05, 3.63) is 11.8 Å². The highest BCUT2D eigenvalue weighted by atomic mass is 16.5. The van der Waals surface area contributed by atoms with Crippen molar-refractivity contribution in [3.63, 3.8) is 0 Å². The molecule has 1 aliphatic carbocycles. The summed E-state index contributed by atoms with van der Waals surface area (Å²) in [5.41, 5.74) is 0.473. The molecule has 4 nitrogen and oxygen atoms in total. The van der Waals surface area contributed by atoms with E-state index >= 15 is 0 Å². The number of hydrogen-bond donors (Lipinski definition) is 0. The summed E-state index contributed by atoms with van der Waals surface area (Å²) in [6, 6.07) is 0. The molecule has 0 bridgehead atoms. The van der Waals surface area contributed by atoms with Gasteiger partial charge in [-0.3, -0.25) is 9.59 Å². The Balaban J connectivity index is 2.90. The molecule has 2 atom stereocenters. The maximum Gasteiger partial charge on any atom is 0.309 e. The van der Waals surface area contributed by atoms with Crippen molar-refractivity contribution in [1.82, 2.24) is 4.90 Å². The molecule has 0 aromatic heterocycles. The zero-order chi connectivity index (χ0) is 12.5. The number of allylic oxidation sites excluding steroid dienone is 1. The number of rotatable bonds is 4. The van der Waals surface area contributed by atoms with Crippen LogP contribution in [0.2, 0.25) is 0 Å². The highest BCUT2D eigenvalue weighted by Gasteiger charge is 2.63. The third-order valence-electron chi connectivity index (χ3n) is 3.18. The second-order valence-electron chi connectivity index (χ2n) is 5.01. The summed E-state index contributed by atoms with van der Waals surface area (Å²) in [7, 11) is 5.09. The van der Waals surface area contributed by atoms with Crippen LogP contribution in [0.5, 0.6) is 0 Å². The fourth-order valence-corrected chi connectivity index (χ4v) is 2.31. The van der Waals surface area contributed by atoms with E-state index in [1.54, 1.807) is 6.20 Å². The first kappa shape index (κ1) is 12.7. The molecule has 1 aliphatic rings. The number of carbonyl (C=O) groups excluding carboxylic acids is 2. The zero-order valence-electron chi connectivity index (χ0n) is 10.5. The van der Waals surface area contributed by atoms with E-state index in [1.807, 2.05) is 32.8 Å². The molecule has 0 saturated heterocycles. The van der Waals surface area contributed by atoms with Crippen LogP contribution in [0.4, 0.5) is 0 Å². The standard InChI is InChI=1S/C12H19NO3/c1-12(2)9(10(12)11(15)16-5)8(7-14)6-13(3)4/h6-7,9-10H,1-5H3/t9-,10+/m1/s1. The molecule has 1 fully saturated rings. The first-order valence-corrected chi connectivity index (χ1v) is 5.27. The van der Waals surface area contributed by atoms with Gasteiger partial charge in [0.05, 0.1) is 13.0 Å². The molecule has 1 saturated carbocycles. The molecule has 0 N–H and O–H groups in total. The number of hydrogen-bond acceptors (Lipinski definition) is 4. The van der Waals surface area contributed by atoms with Crippen molar-refractivity contribution >= 4 is 12.3 Å². The predicted molar refractivity (Wildman–Crippen MR) is 60.6 cm³/mol. The van der Waals surface area contributed by atoms with Gasteiger partial charge in [0.1, 0.15) is 6.29 Å². The van der Waals surface area contributed by atoms with E-state index in [0.29, 0.717) is 5.57 Å². The van der Waals surface area contributed by atoms with E-state index in [0.717, 1.165) is 6.29 Å². The number of nitrogens with zero attached hydrogens (tertiary/aromatic N) is 1. The van der Waals surface area contributed by atoms with E-state index in [2.05, 4.69) is 0 Å². The Hall–Kier alpha value is -1.32. The van der Waals surface area contributed by atoms with Gasteiger partial charge in [0.25, 0.3) is 0 Å². The minimum atomic E-state index is -0.235. The van der Waals surface area contributed by atoms with Crippen molar-refractivity contribution in [2.75, 3.05) is 21.2 Å². The Morgan fingerprint density at radius 3 is 2.25 bits per heavy atom. The van der Waals surface area contributed by atoms with E-state index < -0.39 is 0 Å². The lowest BCUT2D eigenvalue weighted by Gasteiger charge is -2.08. The molecule has 0 heterocycles. The number of ether oxygens (including phenoxy) is 1. The van der Waals surface area contributed by atoms with Gasteiger partial charge in [-0.05, 0) is 5.41 Å². The van der Waals surface area contributed by atoms with Gasteiger partial charge in [-0.1, -0.05) is 13.8 Å². The normalized spacial score (nSPS) is 27.2. The second-order valence-corrected chi connectivity index (χ2v) is 5.01. The van der Waals surface area contributed by atoms with Crippen LogP contribution >= 0.6 is 0 Å². The Morgan fingerprint density at radius 2 is 1.88 bits per heavy atom. The Labute approximate surface area is 96.3 Å². The summed E-state index contributed by atoms with van der Waals surface area (Å²) in [5, 5.41) is 0. The number of esters is 1. The summed E-state index contributed by atoms with van der Waals surface area (Å²) < 4.78 is 4.74. The topological polar surface area (TPSA) is 46.6 Å². The number of methoxy groups -OCH3 is 1. The molecule has 0 aromatic rings. The molecular formula is C12H19NO3. The second kappa shape index (κ2) is 4.28. The van der Waals surface area contributed by atoms with Crippen molar-refractivity contribution in [2.24, 2.45) is 17.3 Å². The van der Waals surface area contributed by atoms with Gasteiger partial charge in [-0.2, -0.15) is 0 Å². The van der Waals surface area contributed by atoms with Gasteiger partial charge in [-0.25, -0.2) is 0 Å². The smallest absolute Gasteiger partial charge is 0.309 e. The lowest BCUT2D eigenvalue weighted by atomic mass is 10.0. The molecule has 0 aromatic carbocycles. The zero-order valence-corrected chi connectivity index (χ0v) is 10.5. The van der Waals surface area contributed by atoms with E-state index in [9.17, 15) is 9.59 Å². The van der Waals surface area contributed by atoms with Gasteiger partial charge >= 0.3 is 5.97 Å². The quantitative estimate of drug-likeness (QED) is 0.408. The van der Waals surface area contributed by atoms with Crippen LogP contribution in [-0.4, -0.2) is 38.4 Å². The van der Waals surface area contributed by atoms with Crippen LogP contribution < -0.4 is 0 Å². The minimum Gasteiger partial charge on any atom is -0.469 e. The van der Waals surface area contributed by atoms with Crippen LogP contribution in [0.1, 0.15) is 13.8 Å². The number of aldehydes is 1. The lowest BCUT2D eigenvalue weighted by Crippen LogP contribution is -2.09. The highest BCUT2D eigenvalue weighted by molar-refractivity contribution is 5.84. The molecule has 1 rings (SSSR count). The summed E-state index contributed by atoms with van der Waals surface area (Å²) >= 11 is 0. The Morgan fingerprint density at radius 1 is 1.31 bits per heavy atom. The van der Waals surface area contributed by atoms with E-state index in [-0.39, 0.29) is 23.2 Å². The fourth-order valence-electron chi connectivity index (χ4n) is 2.31. The summed E-state index contributed by atoms with van der Waals surface area (Å²) in [4.78, 5) is 24.4. The molecule has 0 unspecified atom stereocenters. The highest BCUT2D eigenvalue weighted by Crippen LogP contribution is 2.61. The summed E-state index contributed by atoms with van der Waals surface area (Å²) in [6.07, 6.45) is 2.59. The SMILES string of the molecule is COC(=O)[C@@H]1[C@@H](C(C=O)=CN(C)C)C1(C)C. The Bertz CT molecular complexity index is 331. The first-order valence-electron chi connectivity index (χ1n) is 5.27. The first-order chi connectivity index (χ1) is 7.36. The minimum absolute atomic E-state index is 0.0279. The van der Waals surface area contributed by atoms with Gasteiger partial charge < -0.3 is 9.64 Å². The molecule has 0 amide bonds. The Kier molecular flexibility index (Phi) is 3.41. The molecule has 4 heteroatoms. The van der Waals surface area contributed by atoms with Crippen LogP contribution in [0.3, 0.4) is 0 Å². The van der Waals surface area contributed by atoms with Crippen molar-refractivity contribution in [3.8, 4) is 0 Å². The van der Waals surface area contributed by atoms with Crippen LogP contribution in [-0.2, 0) is 14.3 Å². The maximum atomic E-state index is 11.5. The molecule has 0 radical (unpaired) electrons. The average molecular weight is 225 g/mol. The maximum absolute atomic E-state index is 11.5. The molecule has 0 aliphatic heterocycles. The third kappa shape index (κ3) is 2.10. The molecule has 0 spiro atoms. The van der Waals surface area contributed by atoms with E-state index in [4.69, 9.17) is 4.74 Å². The number of carbonyl (C=O) groups is 2. The summed E-state index contributed by atoms with van der Waals surface area (Å²) in [5.74, 6) is -0.463. The lowest BCUT2D eigenvalue weighted by molar-refractivity contribution is -0.143. The van der Waals surface area contributed by atoms with Crippen molar-refractivity contribution < 1.29 is 14.3 Å². The van der Waals surface area contributed by atoms with Crippen LogP contribution in [0.25, 0.3) is 0 Å². The van der Waals surface area contributed by atoms with Crippen LogP contribution in [0.15, 0.2) is 11.8 Å². The van der Waals surface area contributed by atoms with Crippen molar-refractivity contribution in [1.29, 1.82) is 0 Å². The van der Waals surface area contributed by atoms with Crippen molar-refractivity contribution in [2.45, 2.75) is 13.8 Å². The van der Waals surface area contributed by atoms with Gasteiger partial charge in [0.2, 0.25) is 0 Å². The summed E-state index contributed by atoms with van der Waals surface area (Å²) in [6.45, 7) is 3.96. The molecule has 16 heavy (non-hydrogen) atoms. The fraction of sp³-hybridized carbons (Fsp3) is 0.667. The monoisotopic (exact) mass is 225 g/mol. The third-order valence-corrected chi connectivity index (χ3v) is 3.18. The molecular weight excluding hydrogens is 206 g/mol. The predicted octanol–water partition coefficient (Wildman–Crippen LogP) is 1.08. The largest absolute Gasteiger partial charge is 0.469 e.